The van der Waals surface area contributed by atoms with E-state index in [-0.39, 0.29) is 29.1 Å². The van der Waals surface area contributed by atoms with E-state index in [0.29, 0.717) is 11.5 Å². The highest BCUT2D eigenvalue weighted by Gasteiger charge is 2.23. The van der Waals surface area contributed by atoms with Gasteiger partial charge in [-0.05, 0) is 37.1 Å². The number of aromatic amines is 1. The molecule has 1 unspecified atom stereocenters. The van der Waals surface area contributed by atoms with Crippen LogP contribution < -0.4 is 5.32 Å². The van der Waals surface area contributed by atoms with Gasteiger partial charge in [-0.3, -0.25) is 4.79 Å². The highest BCUT2D eigenvalue weighted by Crippen LogP contribution is 2.22. The molecule has 3 N–H and O–H groups in total. The van der Waals surface area contributed by atoms with Crippen molar-refractivity contribution >= 4 is 22.9 Å². The fourth-order valence-corrected chi connectivity index (χ4v) is 2.80. The number of fused-ring (bicyclic) bond motifs is 1. The monoisotopic (exact) mass is 352 g/mol. The number of para-hydroxylation sites is 2. The molecule has 0 bridgehead atoms. The average molecular weight is 352 g/mol. The van der Waals surface area contributed by atoms with Crippen LogP contribution in [0.2, 0.25) is 0 Å². The van der Waals surface area contributed by atoms with Crippen molar-refractivity contribution in [3.8, 4) is 0 Å². The van der Waals surface area contributed by atoms with Crippen molar-refractivity contribution in [3.05, 3.63) is 59.2 Å². The highest BCUT2D eigenvalue weighted by atomic mass is 16.4. The van der Waals surface area contributed by atoms with Gasteiger partial charge in [0.15, 0.2) is 0 Å². The van der Waals surface area contributed by atoms with Crippen LogP contribution in [-0.4, -0.2) is 31.9 Å². The maximum Gasteiger partial charge on any atom is 0.337 e. The van der Waals surface area contributed by atoms with Gasteiger partial charge in [0.05, 0.1) is 28.3 Å². The van der Waals surface area contributed by atoms with Crippen molar-refractivity contribution in [2.45, 2.75) is 26.8 Å². The third kappa shape index (κ3) is 3.42. The van der Waals surface area contributed by atoms with E-state index >= 15 is 0 Å². The quantitative estimate of drug-likeness (QED) is 0.654. The minimum atomic E-state index is -1.07. The Morgan fingerprint density at radius 1 is 1.12 bits per heavy atom. The van der Waals surface area contributed by atoms with E-state index < -0.39 is 5.97 Å². The second-order valence-corrected chi connectivity index (χ2v) is 6.47. The van der Waals surface area contributed by atoms with Gasteiger partial charge >= 0.3 is 5.97 Å². The second-order valence-electron chi connectivity index (χ2n) is 6.47. The van der Waals surface area contributed by atoms with Gasteiger partial charge in [0.2, 0.25) is 0 Å². The lowest BCUT2D eigenvalue weighted by Gasteiger charge is -2.20. The maximum absolute atomic E-state index is 12.6. The summed E-state index contributed by atoms with van der Waals surface area (Å²) in [4.78, 5) is 35.6. The number of aromatic carboxylic acids is 1. The molecule has 2 aromatic heterocycles. The Kier molecular flexibility index (Phi) is 4.71. The minimum Gasteiger partial charge on any atom is -0.478 e. The fraction of sp³-hybridized carbons (Fsp3) is 0.263. The molecule has 1 amide bonds. The third-order valence-corrected chi connectivity index (χ3v) is 4.20. The molecule has 26 heavy (non-hydrogen) atoms. The molecule has 0 saturated heterocycles. The van der Waals surface area contributed by atoms with Gasteiger partial charge in [0.1, 0.15) is 11.5 Å². The van der Waals surface area contributed by atoms with E-state index in [1.165, 1.54) is 12.1 Å². The predicted molar refractivity (Wildman–Crippen MR) is 97.1 cm³/mol. The van der Waals surface area contributed by atoms with Crippen LogP contribution in [-0.2, 0) is 0 Å². The van der Waals surface area contributed by atoms with Crippen molar-refractivity contribution in [2.24, 2.45) is 5.92 Å². The van der Waals surface area contributed by atoms with Crippen LogP contribution in [0.4, 0.5) is 0 Å². The van der Waals surface area contributed by atoms with Crippen LogP contribution in [0.1, 0.15) is 52.3 Å². The third-order valence-electron chi connectivity index (χ3n) is 4.20. The zero-order valence-corrected chi connectivity index (χ0v) is 14.8. The number of nitrogens with one attached hydrogen (secondary N) is 2. The summed E-state index contributed by atoms with van der Waals surface area (Å²) in [5.74, 6) is -0.666. The first-order valence-corrected chi connectivity index (χ1v) is 8.33. The topological polar surface area (TPSA) is 108 Å². The summed E-state index contributed by atoms with van der Waals surface area (Å²) in [6.45, 7) is 5.55. The SMILES string of the molecule is Cc1nc(C(=O)NC(c2nc3ccccc3[nH]2)C(C)C)ccc1C(=O)O. The number of H-pyrrole nitrogens is 1. The van der Waals surface area contributed by atoms with Gasteiger partial charge in [-0.15, -0.1) is 0 Å². The molecule has 0 aliphatic rings. The molecular formula is C19H20N4O3. The van der Waals surface area contributed by atoms with E-state index in [1.54, 1.807) is 6.92 Å². The molecule has 0 aliphatic carbocycles. The van der Waals surface area contributed by atoms with Crippen LogP contribution in [0, 0.1) is 12.8 Å². The summed E-state index contributed by atoms with van der Waals surface area (Å²) in [6.07, 6.45) is 0. The number of benzene rings is 1. The van der Waals surface area contributed by atoms with Crippen molar-refractivity contribution in [1.82, 2.24) is 20.3 Å². The van der Waals surface area contributed by atoms with Crippen molar-refractivity contribution in [1.29, 1.82) is 0 Å². The second kappa shape index (κ2) is 6.95. The Balaban J connectivity index is 1.87. The summed E-state index contributed by atoms with van der Waals surface area (Å²) in [6, 6.07) is 10.2. The number of carbonyl (C=O) groups is 2. The number of pyridine rings is 1. The smallest absolute Gasteiger partial charge is 0.337 e. The van der Waals surface area contributed by atoms with Gasteiger partial charge in [-0.2, -0.15) is 0 Å². The fourth-order valence-electron chi connectivity index (χ4n) is 2.80. The molecule has 7 heteroatoms. The van der Waals surface area contributed by atoms with Gasteiger partial charge in [-0.25, -0.2) is 14.8 Å². The number of aromatic nitrogens is 3. The average Bonchev–Trinajstić information content (AvgIpc) is 3.02. The Bertz CT molecular complexity index is 945. The molecule has 134 valence electrons. The standard InChI is InChI=1S/C19H20N4O3/c1-10(2)16(17-21-13-6-4-5-7-14(13)22-17)23-18(24)15-9-8-12(19(25)26)11(3)20-15/h4-10,16H,1-3H3,(H,21,22)(H,23,24)(H,25,26). The van der Waals surface area contributed by atoms with Crippen molar-refractivity contribution in [2.75, 3.05) is 0 Å². The number of imidazole rings is 1. The number of hydrogen-bond donors (Lipinski definition) is 3. The van der Waals surface area contributed by atoms with Crippen LogP contribution in [0.15, 0.2) is 36.4 Å². The number of carboxylic acid groups (broad SMARTS) is 1. The molecule has 0 saturated carbocycles. The molecule has 0 aliphatic heterocycles. The number of nitrogens with zero attached hydrogens (tertiary/aromatic N) is 2. The lowest BCUT2D eigenvalue weighted by molar-refractivity contribution is 0.0694. The van der Waals surface area contributed by atoms with Crippen molar-refractivity contribution < 1.29 is 14.7 Å². The lowest BCUT2D eigenvalue weighted by Crippen LogP contribution is -2.33. The predicted octanol–water partition coefficient (Wildman–Crippen LogP) is 3.09. The van der Waals surface area contributed by atoms with Crippen molar-refractivity contribution in [3.63, 3.8) is 0 Å². The minimum absolute atomic E-state index is 0.0826. The largest absolute Gasteiger partial charge is 0.478 e. The van der Waals surface area contributed by atoms with E-state index in [4.69, 9.17) is 5.11 Å². The molecule has 3 rings (SSSR count). The summed E-state index contributed by atoms with van der Waals surface area (Å²) in [5.41, 5.74) is 2.30. The Morgan fingerprint density at radius 2 is 1.85 bits per heavy atom. The molecule has 1 aromatic carbocycles. The van der Waals surface area contributed by atoms with Crippen LogP contribution in [0.5, 0.6) is 0 Å². The first-order valence-electron chi connectivity index (χ1n) is 8.33. The van der Waals surface area contributed by atoms with Gasteiger partial charge < -0.3 is 15.4 Å². The molecule has 3 aromatic rings. The molecule has 0 radical (unpaired) electrons. The molecule has 0 fully saturated rings. The summed E-state index contributed by atoms with van der Waals surface area (Å²) < 4.78 is 0. The number of amides is 1. The maximum atomic E-state index is 12.6. The first kappa shape index (κ1) is 17.6. The number of aryl methyl sites for hydroxylation is 1. The number of hydrogen-bond acceptors (Lipinski definition) is 4. The number of rotatable bonds is 5. The molecular weight excluding hydrogens is 332 g/mol. The van der Waals surface area contributed by atoms with E-state index in [2.05, 4.69) is 20.3 Å². The normalized spacial score (nSPS) is 12.3. The molecule has 2 heterocycles. The summed E-state index contributed by atoms with van der Waals surface area (Å²) in [7, 11) is 0. The first-order chi connectivity index (χ1) is 12.4. The number of carbonyl (C=O) groups excluding carboxylic acids is 1. The molecule has 1 atom stereocenters. The Hall–Kier alpha value is -3.22. The van der Waals surface area contributed by atoms with Gasteiger partial charge in [-0.1, -0.05) is 26.0 Å². The summed E-state index contributed by atoms with van der Waals surface area (Å²) in [5, 5.41) is 12.0. The van der Waals surface area contributed by atoms with Crippen LogP contribution in [0.25, 0.3) is 11.0 Å². The van der Waals surface area contributed by atoms with Crippen LogP contribution in [0.3, 0.4) is 0 Å². The molecule has 7 nitrogen and oxygen atoms in total. The van der Waals surface area contributed by atoms with Crippen LogP contribution >= 0.6 is 0 Å². The lowest BCUT2D eigenvalue weighted by atomic mass is 10.0. The van der Waals surface area contributed by atoms with Gasteiger partial charge in [0, 0.05) is 0 Å². The number of carboxylic acids is 1. The van der Waals surface area contributed by atoms with E-state index in [1.807, 2.05) is 38.1 Å². The Labute approximate surface area is 150 Å². The Morgan fingerprint density at radius 3 is 2.46 bits per heavy atom. The zero-order valence-electron chi connectivity index (χ0n) is 14.8. The van der Waals surface area contributed by atoms with E-state index in [9.17, 15) is 9.59 Å². The van der Waals surface area contributed by atoms with E-state index in [0.717, 1.165) is 11.0 Å². The highest BCUT2D eigenvalue weighted by molar-refractivity contribution is 5.94. The summed E-state index contributed by atoms with van der Waals surface area (Å²) >= 11 is 0. The van der Waals surface area contributed by atoms with Gasteiger partial charge in [0.25, 0.3) is 5.91 Å². The molecule has 0 spiro atoms. The zero-order chi connectivity index (χ0) is 18.8.